The third kappa shape index (κ3) is 3.20. The Balaban J connectivity index is 3.06. The zero-order valence-corrected chi connectivity index (χ0v) is 13.1. The quantitative estimate of drug-likeness (QED) is 0.719. The molecule has 4 heteroatoms. The molecule has 0 heterocycles. The SMILES string of the molecule is CCC(C)[C@@H](N)c1cc(I)c(O)c(I)c1. The van der Waals surface area contributed by atoms with Crippen LogP contribution in [0.3, 0.4) is 0 Å². The first-order valence-corrected chi connectivity index (χ1v) is 7.06. The van der Waals surface area contributed by atoms with Gasteiger partial charge in [-0.05, 0) is 68.8 Å². The fraction of sp³-hybridized carbons (Fsp3) is 0.455. The number of aromatic hydroxyl groups is 1. The predicted octanol–water partition coefficient (Wildman–Crippen LogP) is 3.65. The van der Waals surface area contributed by atoms with E-state index >= 15 is 0 Å². The van der Waals surface area contributed by atoms with Gasteiger partial charge in [-0.2, -0.15) is 0 Å². The number of halogens is 2. The summed E-state index contributed by atoms with van der Waals surface area (Å²) in [7, 11) is 0. The minimum atomic E-state index is 0.0534. The van der Waals surface area contributed by atoms with Crippen LogP contribution in [0.5, 0.6) is 5.75 Å². The molecule has 0 aliphatic carbocycles. The van der Waals surface area contributed by atoms with Gasteiger partial charge >= 0.3 is 0 Å². The normalized spacial score (nSPS) is 15.0. The van der Waals surface area contributed by atoms with Crippen LogP contribution in [0.1, 0.15) is 31.9 Å². The summed E-state index contributed by atoms with van der Waals surface area (Å²) in [5.74, 6) is 0.817. The number of benzene rings is 1. The van der Waals surface area contributed by atoms with E-state index in [2.05, 4.69) is 59.0 Å². The molecule has 1 aromatic rings. The molecule has 0 saturated heterocycles. The monoisotopic (exact) mass is 431 g/mol. The smallest absolute Gasteiger partial charge is 0.142 e. The molecule has 84 valence electrons. The zero-order valence-electron chi connectivity index (χ0n) is 8.80. The van der Waals surface area contributed by atoms with E-state index in [0.717, 1.165) is 19.1 Å². The molecule has 0 aromatic heterocycles. The fourth-order valence-corrected chi connectivity index (χ4v) is 3.18. The minimum Gasteiger partial charge on any atom is -0.506 e. The summed E-state index contributed by atoms with van der Waals surface area (Å²) in [5.41, 5.74) is 7.26. The number of hydrogen-bond acceptors (Lipinski definition) is 2. The van der Waals surface area contributed by atoms with E-state index in [1.54, 1.807) is 0 Å². The van der Waals surface area contributed by atoms with Crippen molar-refractivity contribution in [2.45, 2.75) is 26.3 Å². The summed E-state index contributed by atoms with van der Waals surface area (Å²) >= 11 is 4.27. The Morgan fingerprint density at radius 1 is 1.33 bits per heavy atom. The predicted molar refractivity (Wildman–Crippen MR) is 79.9 cm³/mol. The minimum absolute atomic E-state index is 0.0534. The molecule has 3 N–H and O–H groups in total. The summed E-state index contributed by atoms with van der Waals surface area (Å²) in [5, 5.41) is 9.65. The second kappa shape index (κ2) is 5.67. The third-order valence-electron chi connectivity index (χ3n) is 2.68. The summed E-state index contributed by atoms with van der Waals surface area (Å²) in [6.07, 6.45) is 1.06. The van der Waals surface area contributed by atoms with E-state index in [1.165, 1.54) is 0 Å². The van der Waals surface area contributed by atoms with Crippen molar-refractivity contribution in [3.05, 3.63) is 24.8 Å². The standard InChI is InChI=1S/C11H15I2NO/c1-3-6(2)10(14)7-4-8(12)11(15)9(13)5-7/h4-6,10,15H,3,14H2,1-2H3/t6?,10-/m1/s1. The van der Waals surface area contributed by atoms with Gasteiger partial charge in [-0.3, -0.25) is 0 Å². The van der Waals surface area contributed by atoms with Gasteiger partial charge in [-0.15, -0.1) is 0 Å². The topological polar surface area (TPSA) is 46.2 Å². The van der Waals surface area contributed by atoms with Crippen LogP contribution in [0.4, 0.5) is 0 Å². The van der Waals surface area contributed by atoms with Crippen molar-refractivity contribution in [2.75, 3.05) is 0 Å². The Morgan fingerprint density at radius 2 is 1.80 bits per heavy atom. The molecule has 0 radical (unpaired) electrons. The molecule has 2 nitrogen and oxygen atoms in total. The van der Waals surface area contributed by atoms with Crippen LogP contribution < -0.4 is 5.73 Å². The molecule has 1 rings (SSSR count). The van der Waals surface area contributed by atoms with Gasteiger partial charge in [0.25, 0.3) is 0 Å². The van der Waals surface area contributed by atoms with E-state index in [9.17, 15) is 5.11 Å². The average molecular weight is 431 g/mol. The van der Waals surface area contributed by atoms with Gasteiger partial charge in [0.05, 0.1) is 7.14 Å². The van der Waals surface area contributed by atoms with Gasteiger partial charge < -0.3 is 10.8 Å². The number of phenols is 1. The van der Waals surface area contributed by atoms with Gasteiger partial charge in [0.2, 0.25) is 0 Å². The fourth-order valence-electron chi connectivity index (χ4n) is 1.36. The molecule has 2 atom stereocenters. The van der Waals surface area contributed by atoms with E-state index in [4.69, 9.17) is 5.73 Å². The number of phenolic OH excluding ortho intramolecular Hbond substituents is 1. The van der Waals surface area contributed by atoms with Gasteiger partial charge in [0.15, 0.2) is 0 Å². The Kier molecular flexibility index (Phi) is 5.11. The van der Waals surface area contributed by atoms with Gasteiger partial charge in [0, 0.05) is 6.04 Å². The van der Waals surface area contributed by atoms with Crippen molar-refractivity contribution in [3.8, 4) is 5.75 Å². The molecule has 0 saturated carbocycles. The Bertz CT molecular complexity index is 331. The van der Waals surface area contributed by atoms with Crippen molar-refractivity contribution in [1.29, 1.82) is 0 Å². The highest BCUT2D eigenvalue weighted by atomic mass is 127. The maximum Gasteiger partial charge on any atom is 0.142 e. The summed E-state index contributed by atoms with van der Waals surface area (Å²) in [6.45, 7) is 4.29. The van der Waals surface area contributed by atoms with E-state index < -0.39 is 0 Å². The van der Waals surface area contributed by atoms with Gasteiger partial charge in [-0.1, -0.05) is 20.3 Å². The summed E-state index contributed by atoms with van der Waals surface area (Å²) in [6, 6.07) is 3.99. The van der Waals surface area contributed by atoms with Crippen molar-refractivity contribution in [1.82, 2.24) is 0 Å². The molecule has 1 unspecified atom stereocenters. The first-order valence-electron chi connectivity index (χ1n) is 4.90. The first-order chi connectivity index (χ1) is 6.97. The van der Waals surface area contributed by atoms with Gasteiger partial charge in [-0.25, -0.2) is 0 Å². The first kappa shape index (κ1) is 13.5. The Labute approximate surface area is 118 Å². The lowest BCUT2D eigenvalue weighted by Gasteiger charge is -2.19. The van der Waals surface area contributed by atoms with Crippen LogP contribution in [0.25, 0.3) is 0 Å². The molecule has 0 aliphatic rings. The lowest BCUT2D eigenvalue weighted by atomic mass is 9.93. The molecule has 0 spiro atoms. The largest absolute Gasteiger partial charge is 0.506 e. The lowest BCUT2D eigenvalue weighted by molar-refractivity contribution is 0.450. The van der Waals surface area contributed by atoms with Crippen LogP contribution in [0, 0.1) is 13.1 Å². The van der Waals surface area contributed by atoms with Crippen molar-refractivity contribution < 1.29 is 5.11 Å². The molecule has 0 amide bonds. The van der Waals surface area contributed by atoms with E-state index in [1.807, 2.05) is 12.1 Å². The van der Waals surface area contributed by atoms with E-state index in [-0.39, 0.29) is 6.04 Å². The maximum absolute atomic E-state index is 9.65. The maximum atomic E-state index is 9.65. The number of rotatable bonds is 3. The Morgan fingerprint density at radius 3 is 2.20 bits per heavy atom. The average Bonchev–Trinajstić information content (AvgIpc) is 2.23. The van der Waals surface area contributed by atoms with Crippen LogP contribution in [-0.2, 0) is 0 Å². The van der Waals surface area contributed by atoms with Crippen LogP contribution in [-0.4, -0.2) is 5.11 Å². The highest BCUT2D eigenvalue weighted by Gasteiger charge is 2.15. The molecule has 1 aromatic carbocycles. The van der Waals surface area contributed by atoms with E-state index in [0.29, 0.717) is 11.7 Å². The summed E-state index contributed by atoms with van der Waals surface area (Å²) in [4.78, 5) is 0. The second-order valence-corrected chi connectivity index (χ2v) is 6.07. The molecule has 0 fully saturated rings. The second-order valence-electron chi connectivity index (χ2n) is 3.74. The van der Waals surface area contributed by atoms with Crippen molar-refractivity contribution in [3.63, 3.8) is 0 Å². The highest BCUT2D eigenvalue weighted by Crippen LogP contribution is 2.31. The molecular weight excluding hydrogens is 416 g/mol. The van der Waals surface area contributed by atoms with Crippen LogP contribution in [0.2, 0.25) is 0 Å². The van der Waals surface area contributed by atoms with Gasteiger partial charge in [0.1, 0.15) is 5.75 Å². The summed E-state index contributed by atoms with van der Waals surface area (Å²) < 4.78 is 1.74. The molecular formula is C11H15I2NO. The molecule has 0 aliphatic heterocycles. The number of nitrogens with two attached hydrogens (primary N) is 1. The van der Waals surface area contributed by atoms with Crippen LogP contribution in [0.15, 0.2) is 12.1 Å². The third-order valence-corrected chi connectivity index (χ3v) is 4.33. The lowest BCUT2D eigenvalue weighted by Crippen LogP contribution is -2.18. The highest BCUT2D eigenvalue weighted by molar-refractivity contribution is 14.1. The Hall–Kier alpha value is 0.440. The van der Waals surface area contributed by atoms with Crippen LogP contribution >= 0.6 is 45.2 Å². The number of hydrogen-bond donors (Lipinski definition) is 2. The van der Waals surface area contributed by atoms with Crippen molar-refractivity contribution in [2.24, 2.45) is 11.7 Å². The molecule has 0 bridgehead atoms. The zero-order chi connectivity index (χ0) is 11.6. The van der Waals surface area contributed by atoms with Crippen molar-refractivity contribution >= 4 is 45.2 Å². The molecule has 15 heavy (non-hydrogen) atoms.